The van der Waals surface area contributed by atoms with Gasteiger partial charge in [0.1, 0.15) is 6.54 Å². The van der Waals surface area contributed by atoms with E-state index in [0.717, 1.165) is 5.69 Å². The molecule has 6 nitrogen and oxygen atoms in total. The van der Waals surface area contributed by atoms with Crippen LogP contribution < -0.4 is 4.90 Å². The third-order valence-electron chi connectivity index (χ3n) is 4.74. The average molecular weight is 494 g/mol. The lowest BCUT2D eigenvalue weighted by Crippen LogP contribution is -2.32. The first-order valence-electron chi connectivity index (χ1n) is 9.90. The summed E-state index contributed by atoms with van der Waals surface area (Å²) < 4.78 is 1.85. The van der Waals surface area contributed by atoms with Gasteiger partial charge in [-0.25, -0.2) is 0 Å². The van der Waals surface area contributed by atoms with Crippen molar-refractivity contribution in [3.8, 4) is 23.1 Å². The summed E-state index contributed by atoms with van der Waals surface area (Å²) >= 11 is 13.7. The summed E-state index contributed by atoms with van der Waals surface area (Å²) in [6.45, 7) is -0.0413. The summed E-state index contributed by atoms with van der Waals surface area (Å²) in [7, 11) is 0. The van der Waals surface area contributed by atoms with E-state index in [1.54, 1.807) is 30.3 Å². The molecule has 1 heterocycles. The van der Waals surface area contributed by atoms with Crippen LogP contribution in [0.25, 0.3) is 17.1 Å². The number of anilines is 1. The third-order valence-corrected chi connectivity index (χ3v) is 6.20. The Hall–Kier alpha value is -3.31. The van der Waals surface area contributed by atoms with E-state index in [-0.39, 0.29) is 18.2 Å². The summed E-state index contributed by atoms with van der Waals surface area (Å²) in [6.07, 6.45) is 0. The van der Waals surface area contributed by atoms with Gasteiger partial charge in [0.15, 0.2) is 11.0 Å². The molecule has 0 bridgehead atoms. The Balaban J connectivity index is 1.66. The zero-order chi connectivity index (χ0) is 23.2. The molecule has 4 aromatic rings. The second kappa shape index (κ2) is 10.5. The first-order valence-corrected chi connectivity index (χ1v) is 11.6. The second-order valence-electron chi connectivity index (χ2n) is 6.86. The monoisotopic (exact) mass is 493 g/mol. The van der Waals surface area contributed by atoms with E-state index in [1.165, 1.54) is 16.7 Å². The maximum Gasteiger partial charge on any atom is 0.238 e. The van der Waals surface area contributed by atoms with Gasteiger partial charge in [-0.3, -0.25) is 14.3 Å². The van der Waals surface area contributed by atoms with Gasteiger partial charge in [0.2, 0.25) is 5.91 Å². The van der Waals surface area contributed by atoms with E-state index in [9.17, 15) is 10.1 Å². The number of carbonyl (C=O) groups is 1. The predicted molar refractivity (Wildman–Crippen MR) is 132 cm³/mol. The minimum Gasteiger partial charge on any atom is -0.298 e. The van der Waals surface area contributed by atoms with Crippen LogP contribution in [0.1, 0.15) is 0 Å². The number of rotatable bonds is 7. The van der Waals surface area contributed by atoms with Crippen LogP contribution in [0.4, 0.5) is 5.69 Å². The van der Waals surface area contributed by atoms with Crippen molar-refractivity contribution in [3.05, 3.63) is 88.9 Å². The largest absolute Gasteiger partial charge is 0.298 e. The van der Waals surface area contributed by atoms with Crippen molar-refractivity contribution < 1.29 is 4.79 Å². The minimum absolute atomic E-state index is 0.0413. The lowest BCUT2D eigenvalue weighted by atomic mass is 10.2. The molecule has 0 aliphatic carbocycles. The molecule has 4 rings (SSSR count). The molecule has 0 spiro atoms. The first-order chi connectivity index (χ1) is 16.1. The number of amides is 1. The Bertz CT molecular complexity index is 1310. The highest BCUT2D eigenvalue weighted by atomic mass is 35.5. The molecule has 9 heteroatoms. The van der Waals surface area contributed by atoms with Crippen molar-refractivity contribution in [1.82, 2.24) is 14.8 Å². The van der Waals surface area contributed by atoms with E-state index in [0.29, 0.717) is 32.3 Å². The quantitative estimate of drug-likeness (QED) is 0.237. The zero-order valence-corrected chi connectivity index (χ0v) is 19.6. The number of nitrogens with zero attached hydrogens (tertiary/aromatic N) is 5. The smallest absolute Gasteiger partial charge is 0.238 e. The van der Waals surface area contributed by atoms with E-state index in [2.05, 4.69) is 16.3 Å². The molecule has 3 aromatic carbocycles. The number of hydrogen-bond donors (Lipinski definition) is 0. The lowest BCUT2D eigenvalue weighted by molar-refractivity contribution is -0.116. The van der Waals surface area contributed by atoms with Crippen LogP contribution in [-0.4, -0.2) is 33.0 Å². The number of aromatic nitrogens is 3. The molecular formula is C24H17Cl2N5OS. The summed E-state index contributed by atoms with van der Waals surface area (Å²) in [4.78, 5) is 14.4. The number of nitriles is 1. The normalized spacial score (nSPS) is 10.6. The maximum atomic E-state index is 13.0. The summed E-state index contributed by atoms with van der Waals surface area (Å²) in [5.74, 6) is 0.409. The Kier molecular flexibility index (Phi) is 7.30. The third kappa shape index (κ3) is 5.20. The van der Waals surface area contributed by atoms with Crippen molar-refractivity contribution in [1.29, 1.82) is 5.26 Å². The van der Waals surface area contributed by atoms with E-state index >= 15 is 0 Å². The van der Waals surface area contributed by atoms with Crippen LogP contribution in [-0.2, 0) is 4.79 Å². The zero-order valence-electron chi connectivity index (χ0n) is 17.2. The van der Waals surface area contributed by atoms with Crippen molar-refractivity contribution in [2.45, 2.75) is 5.16 Å². The highest BCUT2D eigenvalue weighted by Crippen LogP contribution is 2.33. The number of hydrogen-bond acceptors (Lipinski definition) is 5. The standard InChI is InChI=1S/C24H17Cl2N5OS/c25-17-11-12-20(21(26)15-17)23-28-29-24(31(23)19-9-5-2-6-10-19)33-16-22(32)30(14-13-27)18-7-3-1-4-8-18/h1-12,15H,14,16H2. The second-order valence-corrected chi connectivity index (χ2v) is 8.65. The van der Waals surface area contributed by atoms with Gasteiger partial charge in [-0.1, -0.05) is 71.4 Å². The molecule has 0 aliphatic rings. The van der Waals surface area contributed by atoms with E-state index < -0.39 is 0 Å². The Labute approximate surface area is 205 Å². The Morgan fingerprint density at radius 3 is 2.36 bits per heavy atom. The Morgan fingerprint density at radius 2 is 1.70 bits per heavy atom. The summed E-state index contributed by atoms with van der Waals surface area (Å²) in [5, 5.41) is 19.4. The summed E-state index contributed by atoms with van der Waals surface area (Å²) in [5.41, 5.74) is 2.17. The average Bonchev–Trinajstić information content (AvgIpc) is 3.25. The molecule has 1 aromatic heterocycles. The first kappa shape index (κ1) is 22.9. The van der Waals surface area contributed by atoms with Crippen LogP contribution in [0, 0.1) is 11.3 Å². The van der Waals surface area contributed by atoms with Gasteiger partial charge >= 0.3 is 0 Å². The van der Waals surface area contributed by atoms with E-state index in [4.69, 9.17) is 23.2 Å². The van der Waals surface area contributed by atoms with Gasteiger partial charge in [-0.2, -0.15) is 5.26 Å². The van der Waals surface area contributed by atoms with Gasteiger partial charge in [-0.15, -0.1) is 10.2 Å². The number of halogens is 2. The number of benzene rings is 3. The number of carbonyl (C=O) groups excluding carboxylic acids is 1. The van der Waals surface area contributed by atoms with Gasteiger partial charge in [0.25, 0.3) is 0 Å². The molecule has 0 N–H and O–H groups in total. The van der Waals surface area contributed by atoms with Gasteiger partial charge in [-0.05, 0) is 42.5 Å². The molecular weight excluding hydrogens is 477 g/mol. The van der Waals surface area contributed by atoms with Crippen molar-refractivity contribution in [3.63, 3.8) is 0 Å². The molecule has 0 fully saturated rings. The fourth-order valence-corrected chi connectivity index (χ4v) is 4.55. The van der Waals surface area contributed by atoms with Crippen LogP contribution in [0.2, 0.25) is 10.0 Å². The van der Waals surface area contributed by atoms with E-state index in [1.807, 2.05) is 53.1 Å². The topological polar surface area (TPSA) is 74.8 Å². The van der Waals surface area contributed by atoms with Crippen LogP contribution in [0.5, 0.6) is 0 Å². The molecule has 0 unspecified atom stereocenters. The van der Waals surface area contributed by atoms with Crippen LogP contribution in [0.3, 0.4) is 0 Å². The fourth-order valence-electron chi connectivity index (χ4n) is 3.22. The van der Waals surface area contributed by atoms with Crippen molar-refractivity contribution in [2.75, 3.05) is 17.2 Å². The van der Waals surface area contributed by atoms with Gasteiger partial charge in [0.05, 0.1) is 16.8 Å². The Morgan fingerprint density at radius 1 is 1.00 bits per heavy atom. The summed E-state index contributed by atoms with van der Waals surface area (Å²) in [6, 6.07) is 25.9. The molecule has 0 aliphatic heterocycles. The molecule has 0 saturated carbocycles. The SMILES string of the molecule is N#CCN(C(=O)CSc1nnc(-c2ccc(Cl)cc2Cl)n1-c1ccccc1)c1ccccc1. The molecule has 0 saturated heterocycles. The lowest BCUT2D eigenvalue weighted by Gasteiger charge is -2.19. The molecule has 0 atom stereocenters. The molecule has 1 amide bonds. The van der Waals surface area contributed by atoms with Gasteiger partial charge in [0, 0.05) is 22.0 Å². The maximum absolute atomic E-state index is 13.0. The number of para-hydroxylation sites is 2. The molecule has 33 heavy (non-hydrogen) atoms. The van der Waals surface area contributed by atoms with Crippen LogP contribution in [0.15, 0.2) is 84.0 Å². The minimum atomic E-state index is -0.207. The highest BCUT2D eigenvalue weighted by molar-refractivity contribution is 7.99. The van der Waals surface area contributed by atoms with Crippen LogP contribution >= 0.6 is 35.0 Å². The van der Waals surface area contributed by atoms with Crippen molar-refractivity contribution >= 4 is 46.6 Å². The van der Waals surface area contributed by atoms with Gasteiger partial charge < -0.3 is 0 Å². The molecule has 164 valence electrons. The highest BCUT2D eigenvalue weighted by Gasteiger charge is 2.21. The van der Waals surface area contributed by atoms with Crippen molar-refractivity contribution in [2.24, 2.45) is 0 Å². The molecule has 0 radical (unpaired) electrons. The fraction of sp³-hybridized carbons (Fsp3) is 0.0833. The predicted octanol–water partition coefficient (Wildman–Crippen LogP) is 5.89. The number of thioether (sulfide) groups is 1.